The maximum atomic E-state index is 12.9. The van der Waals surface area contributed by atoms with Gasteiger partial charge in [0.05, 0.1) is 43.0 Å². The van der Waals surface area contributed by atoms with E-state index in [9.17, 15) is 9.59 Å². The summed E-state index contributed by atoms with van der Waals surface area (Å²) in [5.74, 6) is 0.962. The fraction of sp³-hybridized carbons (Fsp3) is 0.111. The minimum Gasteiger partial charge on any atom is -0.497 e. The number of anilines is 1. The topological polar surface area (TPSA) is 94.8 Å². The summed E-state index contributed by atoms with van der Waals surface area (Å²) in [6.45, 7) is 0. The van der Waals surface area contributed by atoms with Gasteiger partial charge in [-0.2, -0.15) is 5.10 Å². The molecule has 5 aromatic rings. The number of hydrogen-bond donors (Lipinski definition) is 1. The summed E-state index contributed by atoms with van der Waals surface area (Å²) in [5, 5.41) is 9.24. The minimum absolute atomic E-state index is 0.112. The van der Waals surface area contributed by atoms with Crippen LogP contribution in [0.1, 0.15) is 20.8 Å². The van der Waals surface area contributed by atoms with Crippen molar-refractivity contribution in [3.8, 4) is 22.8 Å². The summed E-state index contributed by atoms with van der Waals surface area (Å²) in [7, 11) is 3.14. The number of benzene rings is 2. The predicted molar refractivity (Wildman–Crippen MR) is 138 cm³/mol. The molecular formula is C27H22N4O4S. The van der Waals surface area contributed by atoms with Gasteiger partial charge in [-0.3, -0.25) is 9.59 Å². The molecule has 0 atom stereocenters. The molecule has 0 unspecified atom stereocenters. The molecule has 36 heavy (non-hydrogen) atoms. The number of carbonyl (C=O) groups is 2. The monoisotopic (exact) mass is 498 g/mol. The van der Waals surface area contributed by atoms with Gasteiger partial charge in [0.25, 0.3) is 0 Å². The largest absolute Gasteiger partial charge is 0.497 e. The van der Waals surface area contributed by atoms with Crippen LogP contribution >= 0.6 is 11.3 Å². The van der Waals surface area contributed by atoms with Crippen LogP contribution in [0.5, 0.6) is 11.5 Å². The lowest BCUT2D eigenvalue weighted by atomic mass is 10.1. The third-order valence-corrected chi connectivity index (χ3v) is 6.54. The number of fused-ring (bicyclic) bond motifs is 1. The van der Waals surface area contributed by atoms with Crippen molar-refractivity contribution in [1.29, 1.82) is 0 Å². The molecule has 0 radical (unpaired) electrons. The van der Waals surface area contributed by atoms with Gasteiger partial charge >= 0.3 is 0 Å². The van der Waals surface area contributed by atoms with Crippen molar-refractivity contribution in [2.45, 2.75) is 6.42 Å². The molecule has 0 aliphatic rings. The van der Waals surface area contributed by atoms with Gasteiger partial charge in [0.2, 0.25) is 11.7 Å². The van der Waals surface area contributed by atoms with E-state index < -0.39 is 0 Å². The predicted octanol–water partition coefficient (Wildman–Crippen LogP) is 4.89. The Morgan fingerprint density at radius 1 is 1.03 bits per heavy atom. The van der Waals surface area contributed by atoms with Gasteiger partial charge in [0.1, 0.15) is 11.5 Å². The number of thiophene rings is 1. The maximum absolute atomic E-state index is 12.9. The lowest BCUT2D eigenvalue weighted by Gasteiger charge is -2.12. The highest BCUT2D eigenvalue weighted by Crippen LogP contribution is 2.27. The fourth-order valence-corrected chi connectivity index (χ4v) is 4.64. The van der Waals surface area contributed by atoms with Crippen LogP contribution in [-0.4, -0.2) is 40.5 Å². The number of nitrogens with one attached hydrogen (secondary N) is 1. The Hall–Kier alpha value is -4.50. The number of rotatable bonds is 8. The quantitative estimate of drug-likeness (QED) is 0.306. The van der Waals surface area contributed by atoms with Crippen molar-refractivity contribution in [3.63, 3.8) is 0 Å². The van der Waals surface area contributed by atoms with Crippen LogP contribution < -0.4 is 14.8 Å². The Labute approximate surface area is 211 Å². The van der Waals surface area contributed by atoms with Crippen molar-refractivity contribution in [3.05, 3.63) is 94.4 Å². The van der Waals surface area contributed by atoms with Gasteiger partial charge in [0.15, 0.2) is 5.65 Å². The molecule has 2 aromatic carbocycles. The first-order valence-corrected chi connectivity index (χ1v) is 12.0. The van der Waals surface area contributed by atoms with Gasteiger partial charge in [0, 0.05) is 23.0 Å². The highest BCUT2D eigenvalue weighted by Gasteiger charge is 2.19. The van der Waals surface area contributed by atoms with E-state index in [1.54, 1.807) is 55.4 Å². The Kier molecular flexibility index (Phi) is 6.46. The van der Waals surface area contributed by atoms with Gasteiger partial charge in [-0.05, 0) is 47.8 Å². The second-order valence-corrected chi connectivity index (χ2v) is 8.86. The third kappa shape index (κ3) is 4.56. The number of carbonyl (C=O) groups excluding carboxylic acids is 2. The number of aromatic nitrogens is 3. The first kappa shape index (κ1) is 23.3. The number of ketones is 1. The zero-order valence-electron chi connectivity index (χ0n) is 19.6. The number of amides is 1. The molecule has 1 amide bonds. The van der Waals surface area contributed by atoms with Crippen molar-refractivity contribution < 1.29 is 19.1 Å². The average molecular weight is 499 g/mol. The molecular weight excluding hydrogens is 476 g/mol. The van der Waals surface area contributed by atoms with Gasteiger partial charge in [-0.25, -0.2) is 9.50 Å². The molecule has 0 bridgehead atoms. The number of nitrogens with zero attached hydrogens (tertiary/aromatic N) is 3. The summed E-state index contributed by atoms with van der Waals surface area (Å²) in [6, 6.07) is 18.2. The van der Waals surface area contributed by atoms with Gasteiger partial charge in [-0.15, -0.1) is 11.3 Å². The summed E-state index contributed by atoms with van der Waals surface area (Å²) in [5.41, 5.74) is 3.84. The molecule has 8 nitrogen and oxygen atoms in total. The number of ether oxygens (including phenoxy) is 2. The molecule has 0 aliphatic heterocycles. The lowest BCUT2D eigenvalue weighted by molar-refractivity contribution is -0.115. The molecule has 0 aliphatic carbocycles. The highest BCUT2D eigenvalue weighted by atomic mass is 32.1. The molecule has 9 heteroatoms. The smallest absolute Gasteiger partial charge is 0.228 e. The first-order chi connectivity index (χ1) is 17.6. The Balaban J connectivity index is 1.40. The van der Waals surface area contributed by atoms with Crippen molar-refractivity contribution in [1.82, 2.24) is 14.6 Å². The van der Waals surface area contributed by atoms with E-state index in [-0.39, 0.29) is 18.1 Å². The third-order valence-electron chi connectivity index (χ3n) is 5.67. The van der Waals surface area contributed by atoms with Crippen molar-refractivity contribution in [2.24, 2.45) is 0 Å². The Bertz CT molecular complexity index is 1560. The summed E-state index contributed by atoms with van der Waals surface area (Å²) in [4.78, 5) is 30.8. The number of hydrogen-bond acceptors (Lipinski definition) is 7. The van der Waals surface area contributed by atoms with E-state index in [1.807, 2.05) is 41.8 Å². The first-order valence-electron chi connectivity index (χ1n) is 11.1. The molecule has 3 heterocycles. The molecule has 0 fully saturated rings. The second-order valence-electron chi connectivity index (χ2n) is 7.91. The minimum atomic E-state index is -0.193. The van der Waals surface area contributed by atoms with Crippen LogP contribution in [0.4, 0.5) is 5.69 Å². The van der Waals surface area contributed by atoms with Crippen molar-refractivity contribution in [2.75, 3.05) is 19.5 Å². The summed E-state index contributed by atoms with van der Waals surface area (Å²) in [6.07, 6.45) is 3.32. The molecule has 0 saturated carbocycles. The summed E-state index contributed by atoms with van der Waals surface area (Å²) < 4.78 is 12.3. The zero-order valence-corrected chi connectivity index (χ0v) is 20.4. The standard InChI is InChI=1S/C27H22N4O4S/c1-34-20-8-9-23(35-2)18(14-20)15-25(32)30-19-6-3-5-17(13-19)22-10-11-28-27-21(16-29-31(22)27)26(33)24-7-4-12-36-24/h3-14,16H,15H2,1-2H3,(H,30,32). The number of methoxy groups -OCH3 is 2. The normalized spacial score (nSPS) is 10.8. The molecule has 5 rings (SSSR count). The van der Waals surface area contributed by atoms with E-state index in [1.165, 1.54) is 11.3 Å². The van der Waals surface area contributed by atoms with E-state index in [0.29, 0.717) is 33.3 Å². The van der Waals surface area contributed by atoms with E-state index >= 15 is 0 Å². The molecule has 180 valence electrons. The van der Waals surface area contributed by atoms with Gasteiger partial charge in [-0.1, -0.05) is 18.2 Å². The maximum Gasteiger partial charge on any atom is 0.228 e. The second kappa shape index (κ2) is 10.0. The Morgan fingerprint density at radius 2 is 1.92 bits per heavy atom. The zero-order chi connectivity index (χ0) is 25.1. The van der Waals surface area contributed by atoms with E-state index in [0.717, 1.165) is 16.8 Å². The fourth-order valence-electron chi connectivity index (χ4n) is 3.97. The Morgan fingerprint density at radius 3 is 2.69 bits per heavy atom. The van der Waals surface area contributed by atoms with Crippen LogP contribution in [0, 0.1) is 0 Å². The van der Waals surface area contributed by atoms with Crippen molar-refractivity contribution >= 4 is 34.4 Å². The molecule has 3 aromatic heterocycles. The molecule has 0 saturated heterocycles. The van der Waals surface area contributed by atoms with Gasteiger partial charge < -0.3 is 14.8 Å². The summed E-state index contributed by atoms with van der Waals surface area (Å²) >= 11 is 1.38. The molecule has 0 spiro atoms. The van der Waals surface area contributed by atoms with Crippen LogP contribution in [0.2, 0.25) is 0 Å². The van der Waals surface area contributed by atoms with Crippen LogP contribution in [0.15, 0.2) is 78.4 Å². The van der Waals surface area contributed by atoms with E-state index in [4.69, 9.17) is 9.47 Å². The average Bonchev–Trinajstić information content (AvgIpc) is 3.59. The van der Waals surface area contributed by atoms with Crippen LogP contribution in [-0.2, 0) is 11.2 Å². The van der Waals surface area contributed by atoms with E-state index in [2.05, 4.69) is 15.4 Å². The SMILES string of the molecule is COc1ccc(OC)c(CC(=O)Nc2cccc(-c3ccnc4c(C(=O)c5cccs5)cnn34)c2)c1. The molecule has 1 N–H and O–H groups in total. The van der Waals surface area contributed by atoms with Crippen LogP contribution in [0.25, 0.3) is 16.9 Å². The highest BCUT2D eigenvalue weighted by molar-refractivity contribution is 7.12. The van der Waals surface area contributed by atoms with Crippen LogP contribution in [0.3, 0.4) is 0 Å². The lowest BCUT2D eigenvalue weighted by Crippen LogP contribution is -2.15.